The Bertz CT molecular complexity index is 1680. The second kappa shape index (κ2) is 11.2. The van der Waals surface area contributed by atoms with Crippen molar-refractivity contribution in [1.29, 1.82) is 0 Å². The molecule has 0 N–H and O–H groups in total. The van der Waals surface area contributed by atoms with Crippen molar-refractivity contribution in [3.8, 4) is 0 Å². The summed E-state index contributed by atoms with van der Waals surface area (Å²) in [5.74, 6) is 0. The van der Waals surface area contributed by atoms with Gasteiger partial charge in [-0.05, 0) is 69.8 Å². The number of aryl methyl sites for hydroxylation is 2. The molecule has 0 aromatic heterocycles. The fourth-order valence-corrected chi connectivity index (χ4v) is 6.03. The highest BCUT2D eigenvalue weighted by Gasteiger charge is 2.09. The Labute approximate surface area is 235 Å². The first-order chi connectivity index (χ1) is 19.1. The molecule has 6 aromatic carbocycles. The minimum absolute atomic E-state index is 1.21. The molecule has 0 bridgehead atoms. The minimum Gasteiger partial charge on any atom is -0.0888 e. The monoisotopic (exact) mass is 518 g/mol. The van der Waals surface area contributed by atoms with Gasteiger partial charge in [0.1, 0.15) is 0 Å². The standard InChI is InChI=1S/C38H30S/c1-27-15-19-29(20-16-27)23-25-31-7-3-11-35-33(31)9-5-13-37(35)39-38-14-6-10-34-32(8-4-12-36(34)38)26-24-30-21-17-28(2)18-22-30/h3-26H,1-2H3/b25-23+,26-24+. The zero-order valence-corrected chi connectivity index (χ0v) is 23.1. The number of hydrogen-bond donors (Lipinski definition) is 0. The quantitative estimate of drug-likeness (QED) is 0.198. The lowest BCUT2D eigenvalue weighted by Gasteiger charge is -2.12. The Morgan fingerprint density at radius 2 is 0.769 bits per heavy atom. The predicted molar refractivity (Wildman–Crippen MR) is 172 cm³/mol. The molecule has 0 spiro atoms. The molecular formula is C38H30S. The van der Waals surface area contributed by atoms with Gasteiger partial charge in [0, 0.05) is 9.79 Å². The molecule has 0 aliphatic carbocycles. The minimum atomic E-state index is 1.21. The molecule has 0 saturated heterocycles. The van der Waals surface area contributed by atoms with E-state index in [0.29, 0.717) is 0 Å². The Morgan fingerprint density at radius 3 is 1.21 bits per heavy atom. The van der Waals surface area contributed by atoms with Crippen LogP contribution in [0.4, 0.5) is 0 Å². The third-order valence-corrected chi connectivity index (χ3v) is 8.27. The molecule has 0 unspecified atom stereocenters. The van der Waals surface area contributed by atoms with Crippen molar-refractivity contribution in [3.63, 3.8) is 0 Å². The summed E-state index contributed by atoms with van der Waals surface area (Å²) in [4.78, 5) is 2.54. The molecular weight excluding hydrogens is 488 g/mol. The molecule has 0 nitrogen and oxygen atoms in total. The van der Waals surface area contributed by atoms with E-state index in [1.165, 1.54) is 64.7 Å². The molecule has 0 saturated carbocycles. The summed E-state index contributed by atoms with van der Waals surface area (Å²) in [6.07, 6.45) is 8.85. The van der Waals surface area contributed by atoms with Crippen LogP contribution in [0.25, 0.3) is 45.8 Å². The molecule has 1 heteroatoms. The van der Waals surface area contributed by atoms with Crippen molar-refractivity contribution in [3.05, 3.63) is 155 Å². The lowest BCUT2D eigenvalue weighted by molar-refractivity contribution is 1.46. The van der Waals surface area contributed by atoms with E-state index in [0.717, 1.165) is 0 Å². The highest BCUT2D eigenvalue weighted by molar-refractivity contribution is 7.99. The molecule has 6 aromatic rings. The summed E-state index contributed by atoms with van der Waals surface area (Å²) in [7, 11) is 0. The van der Waals surface area contributed by atoms with Gasteiger partial charge in [-0.1, -0.05) is 156 Å². The van der Waals surface area contributed by atoms with E-state index in [4.69, 9.17) is 0 Å². The van der Waals surface area contributed by atoms with Crippen LogP contribution < -0.4 is 0 Å². The predicted octanol–water partition coefficient (Wildman–Crippen LogP) is 11.1. The van der Waals surface area contributed by atoms with E-state index in [9.17, 15) is 0 Å². The van der Waals surface area contributed by atoms with Crippen LogP contribution in [0.2, 0.25) is 0 Å². The molecule has 0 heterocycles. The van der Waals surface area contributed by atoms with E-state index in [1.54, 1.807) is 0 Å². The van der Waals surface area contributed by atoms with Crippen LogP contribution in [0.3, 0.4) is 0 Å². The summed E-state index contributed by atoms with van der Waals surface area (Å²) in [5.41, 5.74) is 7.45. The summed E-state index contributed by atoms with van der Waals surface area (Å²) in [5, 5.41) is 5.10. The van der Waals surface area contributed by atoms with Gasteiger partial charge in [-0.2, -0.15) is 0 Å². The molecule has 188 valence electrons. The molecule has 0 aliphatic heterocycles. The maximum atomic E-state index is 2.24. The van der Waals surface area contributed by atoms with Crippen molar-refractivity contribution < 1.29 is 0 Å². The smallest absolute Gasteiger partial charge is 0.0201 e. The highest BCUT2D eigenvalue weighted by Crippen LogP contribution is 2.39. The molecule has 0 aliphatic rings. The van der Waals surface area contributed by atoms with E-state index >= 15 is 0 Å². The van der Waals surface area contributed by atoms with Crippen LogP contribution in [-0.4, -0.2) is 0 Å². The zero-order valence-electron chi connectivity index (χ0n) is 22.3. The van der Waals surface area contributed by atoms with Crippen LogP contribution in [0.1, 0.15) is 33.4 Å². The highest BCUT2D eigenvalue weighted by atomic mass is 32.2. The molecule has 0 atom stereocenters. The zero-order chi connectivity index (χ0) is 26.6. The van der Waals surface area contributed by atoms with Gasteiger partial charge in [0.15, 0.2) is 0 Å². The van der Waals surface area contributed by atoms with Crippen molar-refractivity contribution in [2.24, 2.45) is 0 Å². The third kappa shape index (κ3) is 5.60. The van der Waals surface area contributed by atoms with Gasteiger partial charge in [-0.25, -0.2) is 0 Å². The molecule has 0 amide bonds. The average molecular weight is 519 g/mol. The number of fused-ring (bicyclic) bond motifs is 2. The van der Waals surface area contributed by atoms with Crippen molar-refractivity contribution >= 4 is 57.6 Å². The molecule has 0 fully saturated rings. The SMILES string of the molecule is Cc1ccc(/C=C/c2cccc3c(Sc4cccc5c(/C=C/c6ccc(C)cc6)cccc45)cccc23)cc1. The Hall–Kier alpha value is -4.33. The van der Waals surface area contributed by atoms with Crippen LogP contribution in [0.5, 0.6) is 0 Å². The van der Waals surface area contributed by atoms with Gasteiger partial charge in [0.25, 0.3) is 0 Å². The molecule has 6 rings (SSSR count). The van der Waals surface area contributed by atoms with Gasteiger partial charge in [0.05, 0.1) is 0 Å². The van der Waals surface area contributed by atoms with Crippen LogP contribution in [-0.2, 0) is 0 Å². The fourth-order valence-electron chi connectivity index (χ4n) is 4.93. The summed E-state index contributed by atoms with van der Waals surface area (Å²) < 4.78 is 0. The van der Waals surface area contributed by atoms with Crippen molar-refractivity contribution in [1.82, 2.24) is 0 Å². The van der Waals surface area contributed by atoms with Gasteiger partial charge >= 0.3 is 0 Å². The van der Waals surface area contributed by atoms with E-state index in [2.05, 4.69) is 159 Å². The normalized spacial score (nSPS) is 11.7. The maximum Gasteiger partial charge on any atom is 0.0201 e. The third-order valence-electron chi connectivity index (χ3n) is 7.12. The number of benzene rings is 6. The second-order valence-electron chi connectivity index (χ2n) is 9.99. The summed E-state index contributed by atoms with van der Waals surface area (Å²) >= 11 is 1.85. The maximum absolute atomic E-state index is 2.24. The number of hydrogen-bond acceptors (Lipinski definition) is 1. The Kier molecular flexibility index (Phi) is 7.17. The van der Waals surface area contributed by atoms with Gasteiger partial charge in [-0.3, -0.25) is 0 Å². The fraction of sp³-hybridized carbons (Fsp3) is 0.0526. The van der Waals surface area contributed by atoms with Crippen LogP contribution >= 0.6 is 11.8 Å². The summed E-state index contributed by atoms with van der Waals surface area (Å²) in [6.45, 7) is 4.24. The topological polar surface area (TPSA) is 0 Å². The average Bonchev–Trinajstić information content (AvgIpc) is 2.97. The van der Waals surface area contributed by atoms with E-state index < -0.39 is 0 Å². The van der Waals surface area contributed by atoms with Crippen molar-refractivity contribution in [2.75, 3.05) is 0 Å². The molecule has 39 heavy (non-hydrogen) atoms. The first kappa shape index (κ1) is 25.0. The van der Waals surface area contributed by atoms with Gasteiger partial charge in [-0.15, -0.1) is 0 Å². The van der Waals surface area contributed by atoms with Crippen LogP contribution in [0, 0.1) is 13.8 Å². The first-order valence-corrected chi connectivity index (χ1v) is 14.2. The summed E-state index contributed by atoms with van der Waals surface area (Å²) in [6, 6.07) is 43.8. The van der Waals surface area contributed by atoms with Gasteiger partial charge < -0.3 is 0 Å². The number of rotatable bonds is 6. The van der Waals surface area contributed by atoms with Gasteiger partial charge in [0.2, 0.25) is 0 Å². The van der Waals surface area contributed by atoms with Crippen LogP contribution in [0.15, 0.2) is 131 Å². The second-order valence-corrected chi connectivity index (χ2v) is 11.1. The Balaban J connectivity index is 1.34. The molecule has 0 radical (unpaired) electrons. The van der Waals surface area contributed by atoms with E-state index in [1.807, 2.05) is 11.8 Å². The largest absolute Gasteiger partial charge is 0.0888 e. The van der Waals surface area contributed by atoms with Crippen molar-refractivity contribution in [2.45, 2.75) is 23.6 Å². The van der Waals surface area contributed by atoms with E-state index in [-0.39, 0.29) is 0 Å². The lowest BCUT2D eigenvalue weighted by Crippen LogP contribution is -1.85. The Morgan fingerprint density at radius 1 is 0.385 bits per heavy atom. The first-order valence-electron chi connectivity index (χ1n) is 13.3. The lowest BCUT2D eigenvalue weighted by atomic mass is 10.0.